The van der Waals surface area contributed by atoms with Crippen LogP contribution >= 0.6 is 0 Å². The minimum absolute atomic E-state index is 0.0890. The van der Waals surface area contributed by atoms with E-state index in [4.69, 9.17) is 4.74 Å². The fourth-order valence-corrected chi connectivity index (χ4v) is 5.68. The molecule has 0 aromatic heterocycles. The molecule has 0 aliphatic heterocycles. The first-order valence-electron chi connectivity index (χ1n) is 4.69. The summed E-state index contributed by atoms with van der Waals surface area (Å²) in [6.45, 7) is 0. The molecule has 0 aliphatic carbocycles. The van der Waals surface area contributed by atoms with Crippen molar-refractivity contribution in [3.63, 3.8) is 0 Å². The van der Waals surface area contributed by atoms with Crippen molar-refractivity contribution < 1.29 is 9.66 Å². The Kier molecular flexibility index (Phi) is 3.59. The van der Waals surface area contributed by atoms with Crippen LogP contribution in [0.15, 0.2) is 18.2 Å². The summed E-state index contributed by atoms with van der Waals surface area (Å²) < 4.78 is 6.39. The summed E-state index contributed by atoms with van der Waals surface area (Å²) in [5.74, 6) is 0.660. The average molecular weight is 316 g/mol. The van der Waals surface area contributed by atoms with Gasteiger partial charge in [-0.1, -0.05) is 0 Å². The number of benzene rings is 1. The van der Waals surface area contributed by atoms with Gasteiger partial charge in [-0.2, -0.15) is 0 Å². The number of nitro benzene ring substituents is 1. The van der Waals surface area contributed by atoms with Crippen LogP contribution in [0.1, 0.15) is 0 Å². The Hall–Kier alpha value is -0.781. The van der Waals surface area contributed by atoms with Gasteiger partial charge < -0.3 is 0 Å². The Bertz CT molecular complexity index is 385. The molecule has 0 saturated heterocycles. The van der Waals surface area contributed by atoms with Gasteiger partial charge in [0.25, 0.3) is 0 Å². The van der Waals surface area contributed by atoms with Crippen molar-refractivity contribution >= 4 is 27.6 Å². The number of methoxy groups -OCH3 is 1. The van der Waals surface area contributed by atoms with Crippen LogP contribution in [-0.2, 0) is 0 Å². The van der Waals surface area contributed by atoms with Gasteiger partial charge in [0, 0.05) is 0 Å². The van der Waals surface area contributed by atoms with Crippen molar-refractivity contribution in [3.8, 4) is 5.75 Å². The first-order chi connectivity index (χ1) is 6.86. The Morgan fingerprint density at radius 1 is 1.33 bits per heavy atom. The molecule has 0 spiro atoms. The molecule has 4 nitrogen and oxygen atoms in total. The van der Waals surface area contributed by atoms with Crippen molar-refractivity contribution in [1.29, 1.82) is 0 Å². The molecule has 1 rings (SSSR count). The second-order valence-electron chi connectivity index (χ2n) is 4.39. The summed E-state index contributed by atoms with van der Waals surface area (Å²) in [4.78, 5) is 16.9. The average Bonchev–Trinajstić information content (AvgIpc) is 2.15. The van der Waals surface area contributed by atoms with Crippen molar-refractivity contribution in [1.82, 2.24) is 0 Å². The zero-order chi connectivity index (χ0) is 11.6. The monoisotopic (exact) mass is 317 g/mol. The first kappa shape index (κ1) is 12.3. The van der Waals surface area contributed by atoms with Crippen LogP contribution in [-0.4, -0.2) is 30.4 Å². The molecule has 0 N–H and O–H groups in total. The molecule has 15 heavy (non-hydrogen) atoms. The Morgan fingerprint density at radius 3 is 2.33 bits per heavy atom. The molecule has 1 aromatic carbocycles. The van der Waals surface area contributed by atoms with Crippen LogP contribution in [0.2, 0.25) is 14.8 Å². The molecule has 0 unspecified atom stereocenters. The molecule has 0 fully saturated rings. The third-order valence-corrected chi connectivity index (χ3v) is 8.00. The summed E-state index contributed by atoms with van der Waals surface area (Å²) >= 11 is -2.23. The van der Waals surface area contributed by atoms with Gasteiger partial charge in [0.15, 0.2) is 0 Å². The standard InChI is InChI=1S/C7H6NO3.3CH3.Sn/c1-11-7-4-2-3-6(5-7)8(9)10;;;;/h2-3,5H,1H3;3*1H3;. The summed E-state index contributed by atoms with van der Waals surface area (Å²) in [5, 5.41) is 10.6. The number of hydrogen-bond acceptors (Lipinski definition) is 3. The Labute approximate surface area is 93.3 Å². The number of nitrogens with zero attached hydrogens (tertiary/aromatic N) is 1. The molecule has 0 aliphatic rings. The van der Waals surface area contributed by atoms with E-state index in [9.17, 15) is 10.1 Å². The zero-order valence-electron chi connectivity index (χ0n) is 9.40. The van der Waals surface area contributed by atoms with Gasteiger partial charge in [-0.15, -0.1) is 0 Å². The van der Waals surface area contributed by atoms with E-state index in [-0.39, 0.29) is 5.69 Å². The number of ether oxygens (including phenoxy) is 1. The molecular weight excluding hydrogens is 301 g/mol. The van der Waals surface area contributed by atoms with Crippen molar-refractivity contribution in [2.75, 3.05) is 7.11 Å². The number of non-ortho nitro benzene ring substituents is 1. The van der Waals surface area contributed by atoms with E-state index >= 15 is 0 Å². The summed E-state index contributed by atoms with van der Waals surface area (Å²) in [6.07, 6.45) is 0. The van der Waals surface area contributed by atoms with E-state index in [0.717, 1.165) is 0 Å². The third kappa shape index (κ3) is 2.84. The van der Waals surface area contributed by atoms with E-state index in [1.54, 1.807) is 13.2 Å². The van der Waals surface area contributed by atoms with E-state index < -0.39 is 23.3 Å². The normalized spacial score (nSPS) is 11.2. The Balaban J connectivity index is 3.27. The van der Waals surface area contributed by atoms with Crippen LogP contribution in [0.4, 0.5) is 5.69 Å². The number of hydrogen-bond donors (Lipinski definition) is 0. The fourth-order valence-electron chi connectivity index (χ4n) is 1.41. The SMILES string of the molecule is COc1cc([N+](=O)[O-])cc[c]1[Sn]([CH3])([CH3])[CH3]. The van der Waals surface area contributed by atoms with Crippen LogP contribution < -0.4 is 8.32 Å². The van der Waals surface area contributed by atoms with Crippen LogP contribution in [0.5, 0.6) is 5.75 Å². The molecule has 5 heteroatoms. The first-order valence-corrected chi connectivity index (χ1v) is 14.7. The van der Waals surface area contributed by atoms with E-state index in [1.807, 2.05) is 6.07 Å². The van der Waals surface area contributed by atoms with Gasteiger partial charge in [-0.25, -0.2) is 0 Å². The molecule has 0 saturated carbocycles. The quantitative estimate of drug-likeness (QED) is 0.488. The van der Waals surface area contributed by atoms with Crippen molar-refractivity contribution in [3.05, 3.63) is 28.3 Å². The zero-order valence-corrected chi connectivity index (χ0v) is 12.3. The number of rotatable bonds is 3. The molecule has 82 valence electrons. The fraction of sp³-hybridized carbons (Fsp3) is 0.400. The minimum atomic E-state index is -2.23. The summed E-state index contributed by atoms with van der Waals surface area (Å²) in [7, 11) is 1.56. The van der Waals surface area contributed by atoms with Gasteiger partial charge in [-0.05, 0) is 0 Å². The topological polar surface area (TPSA) is 52.4 Å². The second kappa shape index (κ2) is 4.38. The molecular formula is C10H15NO3Sn. The molecule has 1 aromatic rings. The Morgan fingerprint density at radius 2 is 1.93 bits per heavy atom. The summed E-state index contributed by atoms with van der Waals surface area (Å²) in [6, 6.07) is 4.91. The maximum atomic E-state index is 10.6. The molecule has 0 heterocycles. The third-order valence-electron chi connectivity index (χ3n) is 2.20. The molecule has 0 atom stereocenters. The molecule has 0 bridgehead atoms. The molecule has 0 amide bonds. The van der Waals surface area contributed by atoms with Gasteiger partial charge in [0.05, 0.1) is 0 Å². The van der Waals surface area contributed by atoms with Crippen LogP contribution in [0, 0.1) is 10.1 Å². The predicted molar refractivity (Wildman–Crippen MR) is 62.6 cm³/mol. The van der Waals surface area contributed by atoms with Crippen LogP contribution in [0.25, 0.3) is 0 Å². The van der Waals surface area contributed by atoms with Gasteiger partial charge >= 0.3 is 93.3 Å². The molecule has 0 radical (unpaired) electrons. The number of nitro groups is 1. The van der Waals surface area contributed by atoms with Crippen molar-refractivity contribution in [2.45, 2.75) is 14.8 Å². The van der Waals surface area contributed by atoms with E-state index in [0.29, 0.717) is 5.75 Å². The van der Waals surface area contributed by atoms with E-state index in [1.165, 1.54) is 9.65 Å². The van der Waals surface area contributed by atoms with Crippen molar-refractivity contribution in [2.24, 2.45) is 0 Å². The second-order valence-corrected chi connectivity index (χ2v) is 18.8. The van der Waals surface area contributed by atoms with Gasteiger partial charge in [-0.3, -0.25) is 0 Å². The summed E-state index contributed by atoms with van der Waals surface area (Å²) in [5.41, 5.74) is 0.0890. The predicted octanol–water partition coefficient (Wildman–Crippen LogP) is 2.15. The van der Waals surface area contributed by atoms with Gasteiger partial charge in [0.2, 0.25) is 0 Å². The maximum absolute atomic E-state index is 10.6. The van der Waals surface area contributed by atoms with Gasteiger partial charge in [0.1, 0.15) is 0 Å². The van der Waals surface area contributed by atoms with Crippen LogP contribution in [0.3, 0.4) is 0 Å². The van der Waals surface area contributed by atoms with E-state index in [2.05, 4.69) is 14.8 Å².